The van der Waals surface area contributed by atoms with Gasteiger partial charge in [0.15, 0.2) is 0 Å². The van der Waals surface area contributed by atoms with Gasteiger partial charge in [-0.1, -0.05) is 48.0 Å². The summed E-state index contributed by atoms with van der Waals surface area (Å²) in [5, 5.41) is 5.94. The highest BCUT2D eigenvalue weighted by Gasteiger charge is 2.63. The molecule has 21 heavy (non-hydrogen) atoms. The first kappa shape index (κ1) is 12.6. The van der Waals surface area contributed by atoms with Crippen molar-refractivity contribution in [3.05, 3.63) is 35.4 Å². The fraction of sp³-hybridized carbons (Fsp3) is 0.611. The molecule has 1 aromatic carbocycles. The summed E-state index contributed by atoms with van der Waals surface area (Å²) in [5.74, 6) is 3.85. The van der Waals surface area contributed by atoms with E-state index in [1.807, 2.05) is 11.8 Å². The second-order valence-electron chi connectivity index (χ2n) is 7.45. The second-order valence-corrected chi connectivity index (χ2v) is 8.77. The van der Waals surface area contributed by atoms with Crippen molar-refractivity contribution in [2.45, 2.75) is 43.9 Å². The van der Waals surface area contributed by atoms with Crippen LogP contribution in [0.5, 0.6) is 0 Å². The molecule has 3 saturated carbocycles. The fourth-order valence-electron chi connectivity index (χ4n) is 5.52. The highest BCUT2D eigenvalue weighted by Crippen LogP contribution is 2.66. The summed E-state index contributed by atoms with van der Waals surface area (Å²) < 4.78 is 0. The van der Waals surface area contributed by atoms with Gasteiger partial charge in [0, 0.05) is 5.56 Å². The number of thioether (sulfide) groups is 1. The Morgan fingerprint density at radius 2 is 2.00 bits per heavy atom. The van der Waals surface area contributed by atoms with Gasteiger partial charge in [0.05, 0.1) is 0 Å². The van der Waals surface area contributed by atoms with Crippen LogP contribution in [0.3, 0.4) is 0 Å². The van der Waals surface area contributed by atoms with Gasteiger partial charge in [-0.25, -0.2) is 0 Å². The first-order valence-corrected chi connectivity index (χ1v) is 9.18. The number of hydrazone groups is 1. The van der Waals surface area contributed by atoms with E-state index in [-0.39, 0.29) is 4.87 Å². The maximum atomic E-state index is 4.73. The highest BCUT2D eigenvalue weighted by atomic mass is 32.2. The Morgan fingerprint density at radius 3 is 2.86 bits per heavy atom. The number of benzene rings is 1. The summed E-state index contributed by atoms with van der Waals surface area (Å²) >= 11 is 2.03. The Morgan fingerprint density at radius 1 is 1.19 bits per heavy atom. The van der Waals surface area contributed by atoms with Crippen molar-refractivity contribution in [1.82, 2.24) is 5.43 Å². The molecule has 0 aromatic heterocycles. The lowest BCUT2D eigenvalue weighted by Crippen LogP contribution is -2.45. The minimum Gasteiger partial charge on any atom is -0.292 e. The Labute approximate surface area is 130 Å². The first-order valence-electron chi connectivity index (χ1n) is 8.36. The third kappa shape index (κ3) is 1.70. The molecule has 5 rings (SSSR count). The quantitative estimate of drug-likeness (QED) is 0.842. The van der Waals surface area contributed by atoms with Gasteiger partial charge in [-0.15, -0.1) is 0 Å². The molecule has 5 atom stereocenters. The van der Waals surface area contributed by atoms with Crippen molar-refractivity contribution in [3.63, 3.8) is 0 Å². The van der Waals surface area contributed by atoms with Crippen LogP contribution in [0.25, 0.3) is 0 Å². The predicted molar refractivity (Wildman–Crippen MR) is 88.2 cm³/mol. The molecule has 110 valence electrons. The number of hydrogen-bond acceptors (Lipinski definition) is 3. The average Bonchev–Trinajstić information content (AvgIpc) is 3.22. The maximum Gasteiger partial charge on any atom is 0.126 e. The molecule has 2 bridgehead atoms. The molecule has 4 aliphatic rings. The largest absolute Gasteiger partial charge is 0.292 e. The smallest absolute Gasteiger partial charge is 0.126 e. The van der Waals surface area contributed by atoms with Crippen LogP contribution in [0.1, 0.15) is 43.2 Å². The molecule has 2 nitrogen and oxygen atoms in total. The van der Waals surface area contributed by atoms with Crippen LogP contribution in [0, 0.1) is 30.6 Å². The van der Waals surface area contributed by atoms with Gasteiger partial charge in [-0.2, -0.15) is 5.10 Å². The summed E-state index contributed by atoms with van der Waals surface area (Å²) in [6.07, 6.45) is 7.22. The third-order valence-electron chi connectivity index (χ3n) is 6.39. The zero-order valence-electron chi connectivity index (χ0n) is 12.5. The molecule has 1 N–H and O–H groups in total. The van der Waals surface area contributed by atoms with Crippen molar-refractivity contribution in [1.29, 1.82) is 0 Å². The lowest BCUT2D eigenvalue weighted by atomic mass is 9.79. The molecule has 0 unspecified atom stereocenters. The van der Waals surface area contributed by atoms with Gasteiger partial charge in [0.2, 0.25) is 0 Å². The van der Waals surface area contributed by atoms with Crippen LogP contribution in [-0.4, -0.2) is 9.91 Å². The summed E-state index contributed by atoms with van der Waals surface area (Å²) in [5.41, 5.74) is 6.19. The normalized spacial score (nSPS) is 43.2. The van der Waals surface area contributed by atoms with Gasteiger partial charge in [-0.05, 0) is 56.3 Å². The number of hydrogen-bond donors (Lipinski definition) is 1. The summed E-state index contributed by atoms with van der Waals surface area (Å²) in [7, 11) is 0. The minimum absolute atomic E-state index is 0.233. The number of nitrogens with zero attached hydrogens (tertiary/aromatic N) is 1. The van der Waals surface area contributed by atoms with E-state index in [2.05, 4.69) is 36.6 Å². The SMILES string of the molecule is Cc1ccc(C2=NN[C@]3(C[C@H]4C[C@H]3[C@@H]3CCC[C@H]43)S2)cc1. The lowest BCUT2D eigenvalue weighted by Gasteiger charge is -2.38. The van der Waals surface area contributed by atoms with E-state index in [0.29, 0.717) is 0 Å². The van der Waals surface area contributed by atoms with Crippen molar-refractivity contribution in [2.24, 2.45) is 28.8 Å². The molecule has 0 saturated heterocycles. The Kier molecular flexibility index (Phi) is 2.56. The monoisotopic (exact) mass is 298 g/mol. The lowest BCUT2D eigenvalue weighted by molar-refractivity contribution is 0.192. The number of rotatable bonds is 1. The van der Waals surface area contributed by atoms with Crippen LogP contribution in [0.15, 0.2) is 29.4 Å². The number of nitrogens with one attached hydrogen (secondary N) is 1. The topological polar surface area (TPSA) is 24.4 Å². The van der Waals surface area contributed by atoms with E-state index in [4.69, 9.17) is 5.10 Å². The van der Waals surface area contributed by atoms with E-state index in [1.54, 1.807) is 0 Å². The van der Waals surface area contributed by atoms with Crippen molar-refractivity contribution in [2.75, 3.05) is 0 Å². The van der Waals surface area contributed by atoms with Gasteiger partial charge >= 0.3 is 0 Å². The zero-order valence-corrected chi connectivity index (χ0v) is 13.3. The molecule has 3 fully saturated rings. The predicted octanol–water partition coefficient (Wildman–Crippen LogP) is 4.15. The van der Waals surface area contributed by atoms with E-state index in [1.165, 1.54) is 48.3 Å². The Hall–Kier alpha value is -0.960. The molecule has 1 aromatic rings. The molecular formula is C18H22N2S. The first-order chi connectivity index (χ1) is 10.3. The summed E-state index contributed by atoms with van der Waals surface area (Å²) in [4.78, 5) is 0.233. The van der Waals surface area contributed by atoms with E-state index in [0.717, 1.165) is 23.7 Å². The molecular weight excluding hydrogens is 276 g/mol. The maximum absolute atomic E-state index is 4.73. The van der Waals surface area contributed by atoms with Crippen LogP contribution < -0.4 is 5.43 Å². The molecule has 0 radical (unpaired) electrons. The molecule has 1 heterocycles. The van der Waals surface area contributed by atoms with Crippen molar-refractivity contribution in [3.8, 4) is 0 Å². The van der Waals surface area contributed by atoms with Crippen LogP contribution >= 0.6 is 11.8 Å². The Bertz CT molecular complexity index is 608. The van der Waals surface area contributed by atoms with Gasteiger partial charge in [0.25, 0.3) is 0 Å². The van der Waals surface area contributed by atoms with Gasteiger partial charge in [0.1, 0.15) is 9.91 Å². The summed E-state index contributed by atoms with van der Waals surface area (Å²) in [6.45, 7) is 2.14. The average molecular weight is 298 g/mol. The number of aryl methyl sites for hydroxylation is 1. The zero-order chi connectivity index (χ0) is 14.0. The Balaban J connectivity index is 1.41. The highest BCUT2D eigenvalue weighted by molar-refractivity contribution is 8.15. The molecule has 1 spiro atoms. The molecule has 1 aliphatic heterocycles. The standard InChI is InChI=1S/C18H22N2S/c1-11-5-7-12(8-6-11)17-19-20-18(21-17)10-13-9-16(18)15-4-2-3-14(13)15/h5-8,13-16,20H,2-4,9-10H2,1H3/t13-,14-,15-,16+,18-/m1/s1. The second kappa shape index (κ2) is 4.28. The minimum atomic E-state index is 0.233. The van der Waals surface area contributed by atoms with Crippen LogP contribution in [0.2, 0.25) is 0 Å². The van der Waals surface area contributed by atoms with Crippen LogP contribution in [-0.2, 0) is 0 Å². The number of fused-ring (bicyclic) bond motifs is 6. The van der Waals surface area contributed by atoms with Gasteiger partial charge < -0.3 is 0 Å². The van der Waals surface area contributed by atoms with Crippen molar-refractivity contribution < 1.29 is 0 Å². The van der Waals surface area contributed by atoms with E-state index in [9.17, 15) is 0 Å². The van der Waals surface area contributed by atoms with Crippen molar-refractivity contribution >= 4 is 16.8 Å². The molecule has 3 heteroatoms. The van der Waals surface area contributed by atoms with Gasteiger partial charge in [-0.3, -0.25) is 5.43 Å². The van der Waals surface area contributed by atoms with E-state index < -0.39 is 0 Å². The van der Waals surface area contributed by atoms with Crippen LogP contribution in [0.4, 0.5) is 0 Å². The molecule has 0 amide bonds. The third-order valence-corrected chi connectivity index (χ3v) is 7.84. The molecule has 3 aliphatic carbocycles. The fourth-order valence-corrected chi connectivity index (χ4v) is 7.02. The summed E-state index contributed by atoms with van der Waals surface area (Å²) in [6, 6.07) is 8.81. The van der Waals surface area contributed by atoms with E-state index >= 15 is 0 Å².